The van der Waals surface area contributed by atoms with Gasteiger partial charge in [-0.05, 0) is 43.5 Å². The van der Waals surface area contributed by atoms with Crippen molar-refractivity contribution in [1.29, 1.82) is 0 Å². The molecular formula is C20H23N3O3. The molecule has 26 heavy (non-hydrogen) atoms. The molecule has 0 saturated carbocycles. The molecule has 6 heteroatoms. The van der Waals surface area contributed by atoms with Gasteiger partial charge < -0.3 is 25.0 Å². The van der Waals surface area contributed by atoms with E-state index in [0.29, 0.717) is 17.2 Å². The fourth-order valence-corrected chi connectivity index (χ4v) is 3.39. The van der Waals surface area contributed by atoms with Crippen LogP contribution in [0.3, 0.4) is 0 Å². The molecular weight excluding hydrogens is 330 g/mol. The molecule has 0 aliphatic carbocycles. The zero-order valence-corrected chi connectivity index (χ0v) is 14.7. The monoisotopic (exact) mass is 353 g/mol. The molecule has 2 aromatic carbocycles. The number of piperidine rings is 1. The Bertz CT molecular complexity index is 788. The first kappa shape index (κ1) is 16.6. The summed E-state index contributed by atoms with van der Waals surface area (Å²) in [6, 6.07) is 13.6. The van der Waals surface area contributed by atoms with Gasteiger partial charge in [-0.3, -0.25) is 4.79 Å². The van der Waals surface area contributed by atoms with E-state index >= 15 is 0 Å². The highest BCUT2D eigenvalue weighted by atomic mass is 16.7. The Balaban J connectivity index is 1.37. The van der Waals surface area contributed by atoms with Crippen molar-refractivity contribution in [2.75, 3.05) is 42.0 Å². The van der Waals surface area contributed by atoms with Crippen molar-refractivity contribution in [3.05, 3.63) is 42.5 Å². The van der Waals surface area contributed by atoms with Gasteiger partial charge in [0.1, 0.15) is 0 Å². The summed E-state index contributed by atoms with van der Waals surface area (Å²) in [6.45, 7) is 2.57. The topological polar surface area (TPSA) is 62.8 Å². The lowest BCUT2D eigenvalue weighted by Crippen LogP contribution is -2.30. The second kappa shape index (κ2) is 7.56. The molecule has 2 N–H and O–H groups in total. The molecule has 1 saturated heterocycles. The third kappa shape index (κ3) is 3.69. The number of rotatable bonds is 5. The lowest BCUT2D eigenvalue weighted by Gasteiger charge is -2.30. The summed E-state index contributed by atoms with van der Waals surface area (Å²) >= 11 is 0. The van der Waals surface area contributed by atoms with Gasteiger partial charge in [0.15, 0.2) is 11.5 Å². The van der Waals surface area contributed by atoms with Crippen molar-refractivity contribution in [3.63, 3.8) is 0 Å². The Labute approximate surface area is 153 Å². The quantitative estimate of drug-likeness (QED) is 0.862. The minimum Gasteiger partial charge on any atom is -0.454 e. The number of ether oxygens (including phenoxy) is 2. The van der Waals surface area contributed by atoms with Crippen molar-refractivity contribution in [2.24, 2.45) is 0 Å². The van der Waals surface area contributed by atoms with E-state index in [4.69, 9.17) is 9.47 Å². The highest BCUT2D eigenvalue weighted by Crippen LogP contribution is 2.34. The average molecular weight is 353 g/mol. The van der Waals surface area contributed by atoms with E-state index in [9.17, 15) is 4.79 Å². The number of nitrogens with zero attached hydrogens (tertiary/aromatic N) is 1. The molecule has 1 amide bonds. The van der Waals surface area contributed by atoms with Gasteiger partial charge in [-0.2, -0.15) is 0 Å². The lowest BCUT2D eigenvalue weighted by atomic mass is 10.1. The number of para-hydroxylation sites is 2. The molecule has 2 heterocycles. The number of nitrogens with one attached hydrogen (secondary N) is 2. The summed E-state index contributed by atoms with van der Waals surface area (Å²) in [5, 5.41) is 6.16. The Kier molecular flexibility index (Phi) is 4.82. The van der Waals surface area contributed by atoms with Crippen LogP contribution < -0.4 is 25.0 Å². The van der Waals surface area contributed by atoms with Crippen LogP contribution in [0, 0.1) is 0 Å². The molecule has 1 fully saturated rings. The van der Waals surface area contributed by atoms with Gasteiger partial charge in [0.25, 0.3) is 0 Å². The smallest absolute Gasteiger partial charge is 0.243 e. The van der Waals surface area contributed by atoms with Crippen LogP contribution in [0.25, 0.3) is 0 Å². The summed E-state index contributed by atoms with van der Waals surface area (Å²) < 4.78 is 10.6. The number of fused-ring (bicyclic) bond motifs is 1. The van der Waals surface area contributed by atoms with Gasteiger partial charge in [-0.15, -0.1) is 0 Å². The summed E-state index contributed by atoms with van der Waals surface area (Å²) in [7, 11) is 0. The van der Waals surface area contributed by atoms with Gasteiger partial charge in [-0.25, -0.2) is 0 Å². The van der Waals surface area contributed by atoms with Crippen molar-refractivity contribution >= 4 is 23.0 Å². The van der Waals surface area contributed by atoms with Gasteiger partial charge in [0.05, 0.1) is 17.9 Å². The maximum Gasteiger partial charge on any atom is 0.243 e. The molecule has 0 aromatic heterocycles. The normalized spacial score (nSPS) is 15.6. The first-order valence-electron chi connectivity index (χ1n) is 9.07. The van der Waals surface area contributed by atoms with E-state index < -0.39 is 0 Å². The number of carbonyl (C=O) groups excluding carboxylic acids is 1. The molecule has 0 unspecified atom stereocenters. The van der Waals surface area contributed by atoms with Gasteiger partial charge in [0.2, 0.25) is 12.7 Å². The van der Waals surface area contributed by atoms with Crippen LogP contribution in [-0.2, 0) is 4.79 Å². The molecule has 0 bridgehead atoms. The van der Waals surface area contributed by atoms with E-state index in [1.807, 2.05) is 24.3 Å². The number of anilines is 3. The van der Waals surface area contributed by atoms with Crippen LogP contribution >= 0.6 is 0 Å². The van der Waals surface area contributed by atoms with E-state index in [2.05, 4.69) is 21.6 Å². The predicted molar refractivity (Wildman–Crippen MR) is 102 cm³/mol. The van der Waals surface area contributed by atoms with Crippen LogP contribution in [0.4, 0.5) is 17.1 Å². The minimum atomic E-state index is -0.0997. The van der Waals surface area contributed by atoms with Crippen molar-refractivity contribution in [2.45, 2.75) is 19.3 Å². The van der Waals surface area contributed by atoms with Crippen molar-refractivity contribution in [1.82, 2.24) is 0 Å². The number of amides is 1. The number of hydrogen-bond donors (Lipinski definition) is 2. The maximum absolute atomic E-state index is 12.3. The second-order valence-corrected chi connectivity index (χ2v) is 6.53. The lowest BCUT2D eigenvalue weighted by molar-refractivity contribution is -0.114. The van der Waals surface area contributed by atoms with Gasteiger partial charge >= 0.3 is 0 Å². The zero-order valence-electron chi connectivity index (χ0n) is 14.7. The van der Waals surface area contributed by atoms with E-state index in [1.54, 1.807) is 12.1 Å². The molecule has 0 spiro atoms. The third-order valence-electron chi connectivity index (χ3n) is 4.70. The van der Waals surface area contributed by atoms with Crippen LogP contribution in [0.15, 0.2) is 42.5 Å². The van der Waals surface area contributed by atoms with E-state index in [0.717, 1.165) is 18.8 Å². The Morgan fingerprint density at radius 3 is 2.69 bits per heavy atom. The molecule has 0 atom stereocenters. The molecule has 136 valence electrons. The second-order valence-electron chi connectivity index (χ2n) is 6.53. The minimum absolute atomic E-state index is 0.0997. The fraction of sp³-hybridized carbons (Fsp3) is 0.350. The standard InChI is InChI=1S/C20H23N3O3/c24-20(22-15-8-9-18-19(12-15)26-14-25-18)13-21-16-6-2-3-7-17(16)23-10-4-1-5-11-23/h2-3,6-9,12,21H,1,4-5,10-11,13-14H2,(H,22,24). The molecule has 2 aromatic rings. The average Bonchev–Trinajstić information content (AvgIpc) is 3.15. The Morgan fingerprint density at radius 2 is 1.81 bits per heavy atom. The van der Waals surface area contributed by atoms with Gasteiger partial charge in [-0.1, -0.05) is 12.1 Å². The highest BCUT2D eigenvalue weighted by Gasteiger charge is 2.16. The van der Waals surface area contributed by atoms with Crippen molar-refractivity contribution < 1.29 is 14.3 Å². The zero-order chi connectivity index (χ0) is 17.8. The first-order chi connectivity index (χ1) is 12.8. The molecule has 2 aliphatic heterocycles. The van der Waals surface area contributed by atoms with Crippen molar-refractivity contribution in [3.8, 4) is 11.5 Å². The predicted octanol–water partition coefficient (Wildman–Crippen LogP) is 3.46. The summed E-state index contributed by atoms with van der Waals surface area (Å²) in [4.78, 5) is 14.7. The Morgan fingerprint density at radius 1 is 1.00 bits per heavy atom. The summed E-state index contributed by atoms with van der Waals surface area (Å²) in [5.74, 6) is 1.26. The highest BCUT2D eigenvalue weighted by molar-refractivity contribution is 5.94. The maximum atomic E-state index is 12.3. The Hall–Kier alpha value is -2.89. The van der Waals surface area contributed by atoms with Crippen LogP contribution in [0.2, 0.25) is 0 Å². The molecule has 4 rings (SSSR count). The summed E-state index contributed by atoms with van der Waals surface area (Å²) in [6.07, 6.45) is 3.74. The van der Waals surface area contributed by atoms with E-state index in [-0.39, 0.29) is 19.2 Å². The number of benzene rings is 2. The molecule has 6 nitrogen and oxygen atoms in total. The molecule has 2 aliphatic rings. The van der Waals surface area contributed by atoms with Crippen LogP contribution in [0.1, 0.15) is 19.3 Å². The fourth-order valence-electron chi connectivity index (χ4n) is 3.39. The van der Waals surface area contributed by atoms with Gasteiger partial charge in [0, 0.05) is 24.8 Å². The number of carbonyl (C=O) groups is 1. The largest absolute Gasteiger partial charge is 0.454 e. The third-order valence-corrected chi connectivity index (χ3v) is 4.70. The van der Waals surface area contributed by atoms with Crippen LogP contribution in [0.5, 0.6) is 11.5 Å². The number of hydrogen-bond acceptors (Lipinski definition) is 5. The van der Waals surface area contributed by atoms with E-state index in [1.165, 1.54) is 24.9 Å². The van der Waals surface area contributed by atoms with Crippen LogP contribution in [-0.4, -0.2) is 32.3 Å². The summed E-state index contributed by atoms with van der Waals surface area (Å²) in [5.41, 5.74) is 2.86. The first-order valence-corrected chi connectivity index (χ1v) is 9.07. The molecule has 0 radical (unpaired) electrons. The SMILES string of the molecule is O=C(CNc1ccccc1N1CCCCC1)Nc1ccc2c(c1)OCO2.